The summed E-state index contributed by atoms with van der Waals surface area (Å²) in [5, 5.41) is 2.90. The van der Waals surface area contributed by atoms with Crippen LogP contribution >= 0.6 is 0 Å². The molecule has 0 aromatic heterocycles. The van der Waals surface area contributed by atoms with Crippen LogP contribution in [0.4, 0.5) is 0 Å². The second-order valence-electron chi connectivity index (χ2n) is 8.55. The third-order valence-electron chi connectivity index (χ3n) is 6.27. The molecule has 2 heterocycles. The number of benzene rings is 1. The van der Waals surface area contributed by atoms with Crippen molar-refractivity contribution in [3.63, 3.8) is 0 Å². The van der Waals surface area contributed by atoms with E-state index in [-0.39, 0.29) is 23.9 Å². The Kier molecular flexibility index (Phi) is 6.89. The van der Waals surface area contributed by atoms with E-state index in [0.717, 1.165) is 65.0 Å². The topological polar surface area (TPSA) is 77.1 Å². The Labute approximate surface area is 178 Å². The summed E-state index contributed by atoms with van der Waals surface area (Å²) in [6.45, 7) is 5.04. The van der Waals surface area contributed by atoms with Crippen LogP contribution in [-0.4, -0.2) is 68.2 Å². The van der Waals surface area contributed by atoms with Crippen LogP contribution < -0.4 is 14.8 Å². The lowest BCUT2D eigenvalue weighted by molar-refractivity contribution is -0.123. The van der Waals surface area contributed by atoms with Gasteiger partial charge in [0.25, 0.3) is 5.91 Å². The zero-order valence-corrected chi connectivity index (χ0v) is 17.6. The van der Waals surface area contributed by atoms with E-state index in [1.54, 1.807) is 18.2 Å². The number of fused-ring (bicyclic) bond motifs is 1. The number of hydrogen-bond acceptors (Lipinski definition) is 6. The predicted molar refractivity (Wildman–Crippen MR) is 112 cm³/mol. The van der Waals surface area contributed by atoms with Gasteiger partial charge in [0.05, 0.1) is 25.2 Å². The van der Waals surface area contributed by atoms with Crippen LogP contribution in [0.15, 0.2) is 18.2 Å². The summed E-state index contributed by atoms with van der Waals surface area (Å²) in [4.78, 5) is 27.0. The van der Waals surface area contributed by atoms with Crippen molar-refractivity contribution in [1.82, 2.24) is 10.2 Å². The van der Waals surface area contributed by atoms with Crippen molar-refractivity contribution in [2.24, 2.45) is 0 Å². The van der Waals surface area contributed by atoms with Gasteiger partial charge in [-0.25, -0.2) is 0 Å². The van der Waals surface area contributed by atoms with Gasteiger partial charge >= 0.3 is 0 Å². The van der Waals surface area contributed by atoms with Crippen LogP contribution in [0.5, 0.6) is 11.5 Å². The maximum Gasteiger partial charge on any atom is 0.257 e. The van der Waals surface area contributed by atoms with Crippen LogP contribution in [0, 0.1) is 0 Å². The van der Waals surface area contributed by atoms with Gasteiger partial charge in [0.2, 0.25) is 0 Å². The molecule has 1 saturated carbocycles. The SMILES string of the molecule is O=C(COc1ccc2c(c1)OC1(CCCCC1)CC2=O)NCCCN1CCOCC1. The van der Waals surface area contributed by atoms with Crippen LogP contribution in [0.2, 0.25) is 0 Å². The molecule has 2 aliphatic heterocycles. The molecule has 7 nitrogen and oxygen atoms in total. The van der Waals surface area contributed by atoms with E-state index in [9.17, 15) is 9.59 Å². The average Bonchev–Trinajstić information content (AvgIpc) is 2.76. The van der Waals surface area contributed by atoms with E-state index in [1.807, 2.05) is 0 Å². The third kappa shape index (κ3) is 5.32. The fourth-order valence-corrected chi connectivity index (χ4v) is 4.59. The molecular weight excluding hydrogens is 384 g/mol. The Morgan fingerprint density at radius 2 is 1.97 bits per heavy atom. The molecule has 1 amide bonds. The summed E-state index contributed by atoms with van der Waals surface area (Å²) in [5.74, 6) is 1.15. The van der Waals surface area contributed by atoms with Gasteiger partial charge in [0.15, 0.2) is 12.4 Å². The van der Waals surface area contributed by atoms with Crippen LogP contribution in [0.25, 0.3) is 0 Å². The van der Waals surface area contributed by atoms with Gasteiger partial charge in [-0.3, -0.25) is 14.5 Å². The predicted octanol–water partition coefficient (Wildman–Crippen LogP) is 2.57. The number of nitrogens with zero attached hydrogens (tertiary/aromatic N) is 1. The average molecular weight is 417 g/mol. The first-order chi connectivity index (χ1) is 14.6. The molecule has 3 aliphatic rings. The molecule has 7 heteroatoms. The van der Waals surface area contributed by atoms with E-state index in [0.29, 0.717) is 30.0 Å². The molecule has 2 fully saturated rings. The van der Waals surface area contributed by atoms with Gasteiger partial charge in [-0.2, -0.15) is 0 Å². The minimum absolute atomic E-state index is 0.0462. The fourth-order valence-electron chi connectivity index (χ4n) is 4.59. The molecule has 4 rings (SSSR count). The minimum atomic E-state index is -0.348. The van der Waals surface area contributed by atoms with Crippen molar-refractivity contribution in [3.05, 3.63) is 23.8 Å². The summed E-state index contributed by atoms with van der Waals surface area (Å²) < 4.78 is 17.3. The third-order valence-corrected chi connectivity index (χ3v) is 6.27. The quantitative estimate of drug-likeness (QED) is 0.689. The second kappa shape index (κ2) is 9.79. The Morgan fingerprint density at radius 1 is 1.17 bits per heavy atom. The summed E-state index contributed by atoms with van der Waals surface area (Å²) in [6, 6.07) is 5.25. The lowest BCUT2D eigenvalue weighted by Gasteiger charge is -2.40. The standard InChI is InChI=1S/C23H32N2O5/c26-20-16-23(7-2-1-3-8-23)30-21-15-18(5-6-19(20)21)29-17-22(27)24-9-4-10-25-11-13-28-14-12-25/h5-6,15H,1-4,7-14,16-17H2,(H,24,27). The maximum atomic E-state index is 12.6. The van der Waals surface area contributed by atoms with E-state index in [1.165, 1.54) is 6.42 Å². The largest absolute Gasteiger partial charge is 0.486 e. The van der Waals surface area contributed by atoms with E-state index < -0.39 is 0 Å². The summed E-state index contributed by atoms with van der Waals surface area (Å²) in [5.41, 5.74) is 0.268. The maximum absolute atomic E-state index is 12.6. The Hall–Kier alpha value is -2.12. The molecule has 1 aliphatic carbocycles. The second-order valence-corrected chi connectivity index (χ2v) is 8.55. The molecule has 0 bridgehead atoms. The smallest absolute Gasteiger partial charge is 0.257 e. The van der Waals surface area contributed by atoms with Gasteiger partial charge in [-0.1, -0.05) is 6.42 Å². The minimum Gasteiger partial charge on any atom is -0.486 e. The zero-order chi connectivity index (χ0) is 20.8. The molecule has 1 aromatic rings. The van der Waals surface area contributed by atoms with Crippen molar-refractivity contribution in [1.29, 1.82) is 0 Å². The highest BCUT2D eigenvalue weighted by atomic mass is 16.5. The number of nitrogens with one attached hydrogen (secondary N) is 1. The van der Waals surface area contributed by atoms with Crippen LogP contribution in [0.3, 0.4) is 0 Å². The van der Waals surface area contributed by atoms with Gasteiger partial charge in [0, 0.05) is 25.7 Å². The number of rotatable bonds is 7. The highest BCUT2D eigenvalue weighted by molar-refractivity contribution is 6.00. The molecule has 1 saturated heterocycles. The van der Waals surface area contributed by atoms with Crippen molar-refractivity contribution in [2.45, 2.75) is 50.5 Å². The molecule has 0 unspecified atom stereocenters. The first kappa shape index (κ1) is 21.1. The highest BCUT2D eigenvalue weighted by Gasteiger charge is 2.41. The normalized spacial score (nSPS) is 21.0. The lowest BCUT2D eigenvalue weighted by Crippen LogP contribution is -2.43. The molecule has 30 heavy (non-hydrogen) atoms. The Bertz CT molecular complexity index is 754. The number of morpholine rings is 1. The van der Waals surface area contributed by atoms with E-state index in [4.69, 9.17) is 14.2 Å². The summed E-state index contributed by atoms with van der Waals surface area (Å²) >= 11 is 0. The number of ether oxygens (including phenoxy) is 3. The van der Waals surface area contributed by atoms with Crippen molar-refractivity contribution in [3.8, 4) is 11.5 Å². The summed E-state index contributed by atoms with van der Waals surface area (Å²) in [6.07, 6.45) is 6.63. The fraction of sp³-hybridized carbons (Fsp3) is 0.652. The molecule has 164 valence electrons. The number of ketones is 1. The number of hydrogen-bond donors (Lipinski definition) is 1. The first-order valence-corrected chi connectivity index (χ1v) is 11.2. The van der Waals surface area contributed by atoms with E-state index in [2.05, 4.69) is 10.2 Å². The molecule has 1 spiro atoms. The van der Waals surface area contributed by atoms with Crippen LogP contribution in [0.1, 0.15) is 55.3 Å². The van der Waals surface area contributed by atoms with Gasteiger partial charge in [-0.05, 0) is 50.8 Å². The number of Topliss-reactive ketones (excluding diaryl/α,β-unsaturated/α-hetero) is 1. The lowest BCUT2D eigenvalue weighted by atomic mass is 9.78. The zero-order valence-electron chi connectivity index (χ0n) is 17.6. The van der Waals surface area contributed by atoms with Gasteiger partial charge in [0.1, 0.15) is 17.1 Å². The van der Waals surface area contributed by atoms with Crippen molar-refractivity contribution in [2.75, 3.05) is 46.0 Å². The van der Waals surface area contributed by atoms with Crippen LogP contribution in [-0.2, 0) is 9.53 Å². The number of carbonyl (C=O) groups excluding carboxylic acids is 2. The highest BCUT2D eigenvalue weighted by Crippen LogP contribution is 2.42. The Balaban J connectivity index is 1.23. The number of amides is 1. The summed E-state index contributed by atoms with van der Waals surface area (Å²) in [7, 11) is 0. The molecule has 1 aromatic carbocycles. The molecular formula is C23H32N2O5. The van der Waals surface area contributed by atoms with Crippen molar-refractivity contribution < 1.29 is 23.8 Å². The molecule has 0 atom stereocenters. The van der Waals surface area contributed by atoms with Gasteiger partial charge < -0.3 is 19.5 Å². The number of carbonyl (C=O) groups is 2. The van der Waals surface area contributed by atoms with Gasteiger partial charge in [-0.15, -0.1) is 0 Å². The first-order valence-electron chi connectivity index (χ1n) is 11.2. The van der Waals surface area contributed by atoms with E-state index >= 15 is 0 Å². The monoisotopic (exact) mass is 416 g/mol. The Morgan fingerprint density at radius 3 is 2.77 bits per heavy atom. The van der Waals surface area contributed by atoms with Crippen molar-refractivity contribution >= 4 is 11.7 Å². The molecule has 0 radical (unpaired) electrons. The molecule has 1 N–H and O–H groups in total.